The van der Waals surface area contributed by atoms with E-state index in [9.17, 15) is 0 Å². The summed E-state index contributed by atoms with van der Waals surface area (Å²) < 4.78 is 0. The van der Waals surface area contributed by atoms with Gasteiger partial charge < -0.3 is 10.2 Å². The molecule has 0 amide bonds. The predicted octanol–water partition coefficient (Wildman–Crippen LogP) is 3.38. The zero-order valence-corrected chi connectivity index (χ0v) is 13.4. The third-order valence-corrected chi connectivity index (χ3v) is 5.11. The fraction of sp³-hybridized carbons (Fsp3) is 1.00. The molecule has 2 nitrogen and oxygen atoms in total. The van der Waals surface area contributed by atoms with Gasteiger partial charge in [0.2, 0.25) is 0 Å². The van der Waals surface area contributed by atoms with Crippen LogP contribution in [0.4, 0.5) is 0 Å². The number of nitrogens with one attached hydrogen (secondary N) is 1. The quantitative estimate of drug-likeness (QED) is 0.782. The zero-order chi connectivity index (χ0) is 13.7. The topological polar surface area (TPSA) is 15.3 Å². The second kappa shape index (κ2) is 7.49. The summed E-state index contributed by atoms with van der Waals surface area (Å²) in [5.41, 5.74) is 0. The Morgan fingerprint density at radius 2 is 1.89 bits per heavy atom. The van der Waals surface area contributed by atoms with E-state index in [4.69, 9.17) is 0 Å². The third-order valence-electron chi connectivity index (χ3n) is 5.11. The van der Waals surface area contributed by atoms with Crippen LogP contribution in [0.5, 0.6) is 0 Å². The Balaban J connectivity index is 2.66. The van der Waals surface area contributed by atoms with Gasteiger partial charge in [-0.05, 0) is 57.5 Å². The van der Waals surface area contributed by atoms with Gasteiger partial charge in [-0.2, -0.15) is 0 Å². The Kier molecular flexibility index (Phi) is 6.65. The van der Waals surface area contributed by atoms with Crippen molar-refractivity contribution in [2.75, 3.05) is 20.1 Å². The molecule has 0 aliphatic heterocycles. The summed E-state index contributed by atoms with van der Waals surface area (Å²) in [4.78, 5) is 2.67. The van der Waals surface area contributed by atoms with Crippen LogP contribution in [0.15, 0.2) is 0 Å². The van der Waals surface area contributed by atoms with E-state index in [2.05, 4.69) is 51.9 Å². The molecule has 18 heavy (non-hydrogen) atoms. The van der Waals surface area contributed by atoms with E-state index in [0.29, 0.717) is 6.04 Å². The van der Waals surface area contributed by atoms with E-state index < -0.39 is 0 Å². The maximum absolute atomic E-state index is 3.57. The molecule has 0 saturated heterocycles. The van der Waals surface area contributed by atoms with Crippen LogP contribution in [0, 0.1) is 17.8 Å². The molecule has 0 aromatic rings. The number of rotatable bonds is 6. The van der Waals surface area contributed by atoms with E-state index in [1.165, 1.54) is 32.4 Å². The molecule has 0 bridgehead atoms. The lowest BCUT2D eigenvalue weighted by atomic mass is 9.72. The SMILES string of the molecule is CCC(C)N(CC)CC1C(C)CC(C)CC1NC. The number of hydrogen-bond acceptors (Lipinski definition) is 2. The molecule has 1 fully saturated rings. The fourth-order valence-corrected chi connectivity index (χ4v) is 3.70. The van der Waals surface area contributed by atoms with Gasteiger partial charge in [0.05, 0.1) is 0 Å². The second-order valence-electron chi connectivity index (χ2n) is 6.46. The summed E-state index contributed by atoms with van der Waals surface area (Å²) in [7, 11) is 2.14. The summed E-state index contributed by atoms with van der Waals surface area (Å²) >= 11 is 0. The molecule has 0 radical (unpaired) electrons. The standard InChI is InChI=1S/C16H34N2/c1-7-14(5)18(8-2)11-15-13(4)9-12(3)10-16(15)17-6/h12-17H,7-11H2,1-6H3. The first-order valence-electron chi connectivity index (χ1n) is 7.94. The Labute approximate surface area is 115 Å². The van der Waals surface area contributed by atoms with Crippen LogP contribution < -0.4 is 5.32 Å². The molecule has 1 aliphatic carbocycles. The second-order valence-corrected chi connectivity index (χ2v) is 6.46. The highest BCUT2D eigenvalue weighted by molar-refractivity contribution is 4.89. The van der Waals surface area contributed by atoms with Gasteiger partial charge >= 0.3 is 0 Å². The maximum Gasteiger partial charge on any atom is 0.0110 e. The Morgan fingerprint density at radius 3 is 2.39 bits per heavy atom. The van der Waals surface area contributed by atoms with Crippen molar-refractivity contribution in [2.45, 2.75) is 66.0 Å². The van der Waals surface area contributed by atoms with Gasteiger partial charge in [-0.1, -0.05) is 27.7 Å². The Hall–Kier alpha value is -0.0800. The molecule has 0 aromatic heterocycles. The predicted molar refractivity (Wildman–Crippen MR) is 80.9 cm³/mol. The summed E-state index contributed by atoms with van der Waals surface area (Å²) in [6, 6.07) is 1.43. The molecule has 1 aliphatic rings. The minimum atomic E-state index is 0.710. The first-order chi connectivity index (χ1) is 8.53. The van der Waals surface area contributed by atoms with Crippen molar-refractivity contribution in [1.29, 1.82) is 0 Å². The molecule has 5 atom stereocenters. The van der Waals surface area contributed by atoms with Crippen LogP contribution in [-0.2, 0) is 0 Å². The minimum absolute atomic E-state index is 0.710. The minimum Gasteiger partial charge on any atom is -0.317 e. The summed E-state index contributed by atoms with van der Waals surface area (Å²) in [5.74, 6) is 2.55. The van der Waals surface area contributed by atoms with Crippen LogP contribution >= 0.6 is 0 Å². The molecule has 108 valence electrons. The van der Waals surface area contributed by atoms with E-state index in [1.807, 2.05) is 0 Å². The van der Waals surface area contributed by atoms with Crippen molar-refractivity contribution >= 4 is 0 Å². The van der Waals surface area contributed by atoms with Gasteiger partial charge in [-0.25, -0.2) is 0 Å². The Morgan fingerprint density at radius 1 is 1.22 bits per heavy atom. The largest absolute Gasteiger partial charge is 0.317 e. The van der Waals surface area contributed by atoms with Crippen LogP contribution in [0.1, 0.15) is 53.9 Å². The highest BCUT2D eigenvalue weighted by atomic mass is 15.2. The van der Waals surface area contributed by atoms with Crippen LogP contribution in [0.25, 0.3) is 0 Å². The smallest absolute Gasteiger partial charge is 0.0110 e. The van der Waals surface area contributed by atoms with Crippen LogP contribution in [0.3, 0.4) is 0 Å². The zero-order valence-electron chi connectivity index (χ0n) is 13.4. The highest BCUT2D eigenvalue weighted by Gasteiger charge is 2.34. The van der Waals surface area contributed by atoms with Crippen molar-refractivity contribution in [1.82, 2.24) is 10.2 Å². The first kappa shape index (κ1) is 16.0. The molecule has 0 heterocycles. The van der Waals surface area contributed by atoms with E-state index in [1.54, 1.807) is 0 Å². The summed E-state index contributed by atoms with van der Waals surface area (Å²) in [6.07, 6.45) is 4.01. The molecule has 0 spiro atoms. The molecule has 1 saturated carbocycles. The average molecular weight is 254 g/mol. The van der Waals surface area contributed by atoms with Crippen molar-refractivity contribution < 1.29 is 0 Å². The molecule has 5 unspecified atom stereocenters. The highest BCUT2D eigenvalue weighted by Crippen LogP contribution is 2.34. The molecule has 0 aromatic carbocycles. The molecular weight excluding hydrogens is 220 g/mol. The van der Waals surface area contributed by atoms with Gasteiger partial charge in [0.25, 0.3) is 0 Å². The fourth-order valence-electron chi connectivity index (χ4n) is 3.70. The van der Waals surface area contributed by atoms with Gasteiger partial charge in [-0.3, -0.25) is 0 Å². The lowest BCUT2D eigenvalue weighted by Crippen LogP contribution is -2.49. The molecular formula is C16H34N2. The average Bonchev–Trinajstić information content (AvgIpc) is 2.36. The van der Waals surface area contributed by atoms with Crippen molar-refractivity contribution in [2.24, 2.45) is 17.8 Å². The summed E-state index contributed by atoms with van der Waals surface area (Å²) in [6.45, 7) is 14.3. The monoisotopic (exact) mass is 254 g/mol. The summed E-state index contributed by atoms with van der Waals surface area (Å²) in [5, 5.41) is 3.57. The molecule has 2 heteroatoms. The van der Waals surface area contributed by atoms with Gasteiger partial charge in [0.15, 0.2) is 0 Å². The van der Waals surface area contributed by atoms with E-state index in [0.717, 1.165) is 23.8 Å². The molecule has 1 N–H and O–H groups in total. The van der Waals surface area contributed by atoms with Gasteiger partial charge in [0.1, 0.15) is 0 Å². The van der Waals surface area contributed by atoms with E-state index in [-0.39, 0.29) is 0 Å². The normalized spacial score (nSPS) is 34.8. The lowest BCUT2D eigenvalue weighted by molar-refractivity contribution is 0.0882. The number of nitrogens with zero attached hydrogens (tertiary/aromatic N) is 1. The molecule has 1 rings (SSSR count). The van der Waals surface area contributed by atoms with Crippen molar-refractivity contribution in [3.05, 3.63) is 0 Å². The number of hydrogen-bond donors (Lipinski definition) is 1. The lowest BCUT2D eigenvalue weighted by Gasteiger charge is -2.43. The maximum atomic E-state index is 3.57. The van der Waals surface area contributed by atoms with Crippen LogP contribution in [0.2, 0.25) is 0 Å². The van der Waals surface area contributed by atoms with Crippen LogP contribution in [-0.4, -0.2) is 37.1 Å². The van der Waals surface area contributed by atoms with Crippen molar-refractivity contribution in [3.8, 4) is 0 Å². The van der Waals surface area contributed by atoms with E-state index >= 15 is 0 Å². The van der Waals surface area contributed by atoms with Crippen molar-refractivity contribution in [3.63, 3.8) is 0 Å². The third kappa shape index (κ3) is 3.96. The van der Waals surface area contributed by atoms with Gasteiger partial charge in [-0.15, -0.1) is 0 Å². The van der Waals surface area contributed by atoms with Gasteiger partial charge in [0, 0.05) is 18.6 Å². The Bertz CT molecular complexity index is 229. The first-order valence-corrected chi connectivity index (χ1v) is 7.94.